The van der Waals surface area contributed by atoms with Crippen LogP contribution in [0.15, 0.2) is 53.3 Å². The molecule has 1 aromatic heterocycles. The van der Waals surface area contributed by atoms with Crippen LogP contribution in [0.1, 0.15) is 23.5 Å². The molecule has 0 bridgehead atoms. The minimum absolute atomic E-state index is 0.599. The predicted octanol–water partition coefficient (Wildman–Crippen LogP) is 3.78. The van der Waals surface area contributed by atoms with Crippen molar-refractivity contribution in [3.63, 3.8) is 0 Å². The van der Waals surface area contributed by atoms with E-state index in [1.54, 1.807) is 0 Å². The van der Waals surface area contributed by atoms with Gasteiger partial charge in [-0.1, -0.05) is 30.3 Å². The monoisotopic (exact) mass is 330 g/mol. The van der Waals surface area contributed by atoms with E-state index >= 15 is 0 Å². The van der Waals surface area contributed by atoms with Crippen LogP contribution in [0.3, 0.4) is 0 Å². The highest BCUT2D eigenvalue weighted by Gasteiger charge is 2.26. The number of pyridine rings is 1. The lowest BCUT2D eigenvalue weighted by molar-refractivity contribution is 0.323. The standard InChI is InChI=1S/C17H19BrN2/c18-16-9-15(11-20-12-16)17-6-7-19-10-14(17)8-13-4-2-1-3-5-13/h1-5,9,11-12,14,17,19H,6-8,10H2. The molecule has 3 rings (SSSR count). The Hall–Kier alpha value is -1.19. The van der Waals surface area contributed by atoms with Crippen LogP contribution >= 0.6 is 15.9 Å². The fourth-order valence-electron chi connectivity index (χ4n) is 3.12. The molecule has 2 unspecified atom stereocenters. The van der Waals surface area contributed by atoms with E-state index < -0.39 is 0 Å². The van der Waals surface area contributed by atoms with Crippen molar-refractivity contribution in [2.24, 2.45) is 5.92 Å². The summed E-state index contributed by atoms with van der Waals surface area (Å²) in [6, 6.07) is 13.0. The predicted molar refractivity (Wildman–Crippen MR) is 85.8 cm³/mol. The Bertz CT molecular complexity index is 556. The van der Waals surface area contributed by atoms with Crippen molar-refractivity contribution in [1.29, 1.82) is 0 Å². The zero-order chi connectivity index (χ0) is 13.8. The molecular weight excluding hydrogens is 312 g/mol. The molecule has 2 aromatic rings. The van der Waals surface area contributed by atoms with E-state index in [4.69, 9.17) is 0 Å². The van der Waals surface area contributed by atoms with Gasteiger partial charge in [-0.15, -0.1) is 0 Å². The quantitative estimate of drug-likeness (QED) is 0.926. The van der Waals surface area contributed by atoms with Crippen molar-refractivity contribution in [3.8, 4) is 0 Å². The van der Waals surface area contributed by atoms with E-state index in [9.17, 15) is 0 Å². The first-order valence-electron chi connectivity index (χ1n) is 7.18. The first kappa shape index (κ1) is 13.8. The molecular formula is C17H19BrN2. The van der Waals surface area contributed by atoms with Gasteiger partial charge in [0.1, 0.15) is 0 Å². The van der Waals surface area contributed by atoms with Gasteiger partial charge in [0.15, 0.2) is 0 Å². The van der Waals surface area contributed by atoms with Crippen molar-refractivity contribution < 1.29 is 0 Å². The van der Waals surface area contributed by atoms with E-state index in [-0.39, 0.29) is 0 Å². The molecule has 1 fully saturated rings. The van der Waals surface area contributed by atoms with Crippen molar-refractivity contribution in [1.82, 2.24) is 10.3 Å². The Morgan fingerprint density at radius 1 is 1.20 bits per heavy atom. The molecule has 2 atom stereocenters. The van der Waals surface area contributed by atoms with Gasteiger partial charge in [-0.05, 0) is 70.9 Å². The van der Waals surface area contributed by atoms with Crippen LogP contribution < -0.4 is 5.32 Å². The number of hydrogen-bond donors (Lipinski definition) is 1. The average Bonchev–Trinajstić information content (AvgIpc) is 2.49. The molecule has 2 heterocycles. The molecule has 1 saturated heterocycles. The molecule has 1 aliphatic heterocycles. The SMILES string of the molecule is Brc1cncc(C2CCNCC2Cc2ccccc2)c1. The maximum Gasteiger partial charge on any atom is 0.0410 e. The number of piperidine rings is 1. The average molecular weight is 331 g/mol. The van der Waals surface area contributed by atoms with Crippen molar-refractivity contribution in [2.75, 3.05) is 13.1 Å². The Balaban J connectivity index is 1.80. The highest BCUT2D eigenvalue weighted by molar-refractivity contribution is 9.10. The third kappa shape index (κ3) is 3.28. The van der Waals surface area contributed by atoms with E-state index in [1.807, 2.05) is 12.4 Å². The molecule has 20 heavy (non-hydrogen) atoms. The summed E-state index contributed by atoms with van der Waals surface area (Å²) in [6.07, 6.45) is 6.20. The summed E-state index contributed by atoms with van der Waals surface area (Å²) < 4.78 is 1.08. The van der Waals surface area contributed by atoms with E-state index in [0.717, 1.165) is 24.0 Å². The lowest BCUT2D eigenvalue weighted by Crippen LogP contribution is -2.36. The minimum atomic E-state index is 0.599. The molecule has 0 amide bonds. The van der Waals surface area contributed by atoms with Crippen molar-refractivity contribution in [3.05, 3.63) is 64.4 Å². The summed E-state index contributed by atoms with van der Waals surface area (Å²) in [5.74, 6) is 1.24. The van der Waals surface area contributed by atoms with Gasteiger partial charge in [0.2, 0.25) is 0 Å². The number of nitrogens with zero attached hydrogens (tertiary/aromatic N) is 1. The van der Waals surface area contributed by atoms with Gasteiger partial charge in [-0.3, -0.25) is 4.98 Å². The fourth-order valence-corrected chi connectivity index (χ4v) is 3.51. The maximum absolute atomic E-state index is 4.33. The number of hydrogen-bond acceptors (Lipinski definition) is 2. The highest BCUT2D eigenvalue weighted by atomic mass is 79.9. The summed E-state index contributed by atoms with van der Waals surface area (Å²) in [5.41, 5.74) is 2.79. The van der Waals surface area contributed by atoms with Gasteiger partial charge < -0.3 is 5.32 Å². The molecule has 104 valence electrons. The molecule has 1 N–H and O–H groups in total. The van der Waals surface area contributed by atoms with Crippen molar-refractivity contribution in [2.45, 2.75) is 18.8 Å². The summed E-state index contributed by atoms with van der Waals surface area (Å²) in [6.45, 7) is 2.19. The Morgan fingerprint density at radius 3 is 2.85 bits per heavy atom. The van der Waals surface area contributed by atoms with Gasteiger partial charge in [0, 0.05) is 16.9 Å². The summed E-state index contributed by atoms with van der Waals surface area (Å²) in [4.78, 5) is 4.33. The molecule has 3 heteroatoms. The largest absolute Gasteiger partial charge is 0.316 e. The van der Waals surface area contributed by atoms with Gasteiger partial charge in [-0.2, -0.15) is 0 Å². The Kier molecular flexibility index (Phi) is 4.48. The fraction of sp³-hybridized carbons (Fsp3) is 0.353. The van der Waals surface area contributed by atoms with Crippen LogP contribution in [0, 0.1) is 5.92 Å². The second kappa shape index (κ2) is 6.51. The lowest BCUT2D eigenvalue weighted by atomic mass is 9.78. The molecule has 0 aliphatic carbocycles. The van der Waals surface area contributed by atoms with Crippen LogP contribution in [-0.4, -0.2) is 18.1 Å². The van der Waals surface area contributed by atoms with E-state index in [0.29, 0.717) is 11.8 Å². The minimum Gasteiger partial charge on any atom is -0.316 e. The Morgan fingerprint density at radius 2 is 2.05 bits per heavy atom. The Labute approximate surface area is 128 Å². The first-order valence-corrected chi connectivity index (χ1v) is 7.97. The summed E-state index contributed by atoms with van der Waals surface area (Å²) >= 11 is 3.54. The van der Waals surface area contributed by atoms with Crippen LogP contribution in [0.4, 0.5) is 0 Å². The van der Waals surface area contributed by atoms with Gasteiger partial charge >= 0.3 is 0 Å². The lowest BCUT2D eigenvalue weighted by Gasteiger charge is -2.32. The maximum atomic E-state index is 4.33. The van der Waals surface area contributed by atoms with E-state index in [2.05, 4.69) is 62.6 Å². The summed E-state index contributed by atoms with van der Waals surface area (Å²) in [5, 5.41) is 3.54. The van der Waals surface area contributed by atoms with Crippen LogP contribution in [0.5, 0.6) is 0 Å². The third-order valence-corrected chi connectivity index (χ3v) is 4.54. The van der Waals surface area contributed by atoms with Gasteiger partial charge in [-0.25, -0.2) is 0 Å². The number of nitrogens with one attached hydrogen (secondary N) is 1. The first-order chi connectivity index (χ1) is 9.83. The van der Waals surface area contributed by atoms with Gasteiger partial charge in [0.25, 0.3) is 0 Å². The molecule has 1 aromatic carbocycles. The molecule has 0 spiro atoms. The van der Waals surface area contributed by atoms with Crippen molar-refractivity contribution >= 4 is 15.9 Å². The molecule has 1 aliphatic rings. The number of halogens is 1. The van der Waals surface area contributed by atoms with Crippen LogP contribution in [-0.2, 0) is 6.42 Å². The third-order valence-electron chi connectivity index (χ3n) is 4.10. The van der Waals surface area contributed by atoms with Crippen LogP contribution in [0.25, 0.3) is 0 Å². The molecule has 2 nitrogen and oxygen atoms in total. The highest BCUT2D eigenvalue weighted by Crippen LogP contribution is 2.33. The van der Waals surface area contributed by atoms with Crippen LogP contribution in [0.2, 0.25) is 0 Å². The number of aromatic nitrogens is 1. The van der Waals surface area contributed by atoms with Gasteiger partial charge in [0.05, 0.1) is 0 Å². The number of rotatable bonds is 3. The zero-order valence-electron chi connectivity index (χ0n) is 11.4. The summed E-state index contributed by atoms with van der Waals surface area (Å²) in [7, 11) is 0. The number of benzene rings is 1. The second-order valence-corrected chi connectivity index (χ2v) is 6.40. The molecule has 0 saturated carbocycles. The molecule has 0 radical (unpaired) electrons. The van der Waals surface area contributed by atoms with E-state index in [1.165, 1.54) is 17.5 Å². The smallest absolute Gasteiger partial charge is 0.0410 e. The zero-order valence-corrected chi connectivity index (χ0v) is 13.0. The normalized spacial score (nSPS) is 22.6. The topological polar surface area (TPSA) is 24.9 Å². The second-order valence-electron chi connectivity index (χ2n) is 5.49.